The summed E-state index contributed by atoms with van der Waals surface area (Å²) in [6, 6.07) is 13.7. The first-order chi connectivity index (χ1) is 9.34. The van der Waals surface area contributed by atoms with E-state index in [1.165, 1.54) is 16.7 Å². The number of hydrogen-bond donors (Lipinski definition) is 1. The van der Waals surface area contributed by atoms with E-state index in [1.807, 2.05) is 24.2 Å². The van der Waals surface area contributed by atoms with Crippen LogP contribution in [-0.4, -0.2) is 10.7 Å². The molecule has 1 N–H and O–H groups in total. The number of nitrogens with one attached hydrogen (secondary N) is 1. The van der Waals surface area contributed by atoms with Crippen LogP contribution in [0.5, 0.6) is 0 Å². The molecule has 0 saturated carbocycles. The topological polar surface area (TPSA) is 24.9 Å². The van der Waals surface area contributed by atoms with Gasteiger partial charge in [-0.2, -0.15) is 11.8 Å². The number of rotatable bonds is 3. The highest BCUT2D eigenvalue weighted by Crippen LogP contribution is 2.32. The number of aromatic nitrogens is 1. The zero-order valence-corrected chi connectivity index (χ0v) is 11.9. The van der Waals surface area contributed by atoms with Gasteiger partial charge in [0.05, 0.1) is 0 Å². The van der Waals surface area contributed by atoms with Crippen LogP contribution < -0.4 is 5.32 Å². The van der Waals surface area contributed by atoms with Crippen molar-refractivity contribution in [2.24, 2.45) is 0 Å². The SMILES string of the molecule is C[C@H](NC1CSCc2ccccc21)c1ccncc1. The van der Waals surface area contributed by atoms with E-state index in [0.29, 0.717) is 12.1 Å². The van der Waals surface area contributed by atoms with Crippen LogP contribution in [0.25, 0.3) is 0 Å². The van der Waals surface area contributed by atoms with E-state index < -0.39 is 0 Å². The highest BCUT2D eigenvalue weighted by atomic mass is 32.2. The van der Waals surface area contributed by atoms with Crippen LogP contribution in [0.1, 0.15) is 35.7 Å². The molecule has 2 heterocycles. The molecule has 0 aliphatic carbocycles. The molecule has 0 fully saturated rings. The minimum absolute atomic E-state index is 0.347. The van der Waals surface area contributed by atoms with Gasteiger partial charge in [0, 0.05) is 36.0 Å². The second-order valence-electron chi connectivity index (χ2n) is 4.94. The first-order valence-electron chi connectivity index (χ1n) is 6.66. The summed E-state index contributed by atoms with van der Waals surface area (Å²) in [5, 5.41) is 3.74. The first-order valence-corrected chi connectivity index (χ1v) is 7.81. The number of hydrogen-bond acceptors (Lipinski definition) is 3. The molecule has 1 aromatic heterocycles. The fraction of sp³-hybridized carbons (Fsp3) is 0.312. The van der Waals surface area contributed by atoms with Crippen LogP contribution >= 0.6 is 11.8 Å². The Balaban J connectivity index is 1.78. The maximum Gasteiger partial charge on any atom is 0.0419 e. The van der Waals surface area contributed by atoms with Crippen molar-refractivity contribution in [3.05, 3.63) is 65.5 Å². The van der Waals surface area contributed by atoms with Crippen molar-refractivity contribution in [1.29, 1.82) is 0 Å². The molecule has 0 spiro atoms. The van der Waals surface area contributed by atoms with Gasteiger partial charge in [0.1, 0.15) is 0 Å². The molecule has 2 aromatic rings. The van der Waals surface area contributed by atoms with Crippen LogP contribution in [0.15, 0.2) is 48.8 Å². The molecule has 19 heavy (non-hydrogen) atoms. The Morgan fingerprint density at radius 2 is 2.00 bits per heavy atom. The van der Waals surface area contributed by atoms with Gasteiger partial charge in [-0.15, -0.1) is 0 Å². The maximum absolute atomic E-state index is 4.08. The molecule has 2 atom stereocenters. The molecule has 2 nitrogen and oxygen atoms in total. The lowest BCUT2D eigenvalue weighted by molar-refractivity contribution is 0.495. The van der Waals surface area contributed by atoms with Crippen molar-refractivity contribution in [2.75, 3.05) is 5.75 Å². The smallest absolute Gasteiger partial charge is 0.0419 e. The largest absolute Gasteiger partial charge is 0.303 e. The minimum atomic E-state index is 0.347. The Labute approximate surface area is 118 Å². The summed E-state index contributed by atoms with van der Waals surface area (Å²) in [7, 11) is 0. The third-order valence-corrected chi connectivity index (χ3v) is 4.71. The van der Waals surface area contributed by atoms with E-state index in [4.69, 9.17) is 0 Å². The summed E-state index contributed by atoms with van der Waals surface area (Å²) in [4.78, 5) is 4.08. The number of fused-ring (bicyclic) bond motifs is 1. The van der Waals surface area contributed by atoms with E-state index in [1.54, 1.807) is 0 Å². The van der Waals surface area contributed by atoms with Gasteiger partial charge in [-0.25, -0.2) is 0 Å². The third-order valence-electron chi connectivity index (χ3n) is 3.63. The van der Waals surface area contributed by atoms with E-state index >= 15 is 0 Å². The Morgan fingerprint density at radius 3 is 2.84 bits per heavy atom. The third kappa shape index (κ3) is 2.82. The van der Waals surface area contributed by atoms with Gasteiger partial charge in [-0.1, -0.05) is 24.3 Å². The number of benzene rings is 1. The summed E-state index contributed by atoms with van der Waals surface area (Å²) in [6.45, 7) is 2.22. The predicted octanol–water partition coefficient (Wildman–Crippen LogP) is 3.72. The Bertz CT molecular complexity index is 541. The van der Waals surface area contributed by atoms with Crippen molar-refractivity contribution in [2.45, 2.75) is 24.8 Å². The average Bonchev–Trinajstić information content (AvgIpc) is 2.48. The fourth-order valence-electron chi connectivity index (χ4n) is 2.57. The standard InChI is InChI=1S/C16H18N2S/c1-12(13-6-8-17-9-7-13)18-16-11-19-10-14-4-2-3-5-15(14)16/h2-9,12,16,18H,10-11H2,1H3/t12-,16?/m0/s1. The van der Waals surface area contributed by atoms with Gasteiger partial charge in [-0.3, -0.25) is 4.98 Å². The van der Waals surface area contributed by atoms with Crippen molar-refractivity contribution >= 4 is 11.8 Å². The van der Waals surface area contributed by atoms with E-state index in [2.05, 4.69) is 53.6 Å². The molecule has 98 valence electrons. The van der Waals surface area contributed by atoms with Crippen molar-refractivity contribution in [3.63, 3.8) is 0 Å². The lowest BCUT2D eigenvalue weighted by atomic mass is 10.00. The van der Waals surface area contributed by atoms with Crippen molar-refractivity contribution in [3.8, 4) is 0 Å². The quantitative estimate of drug-likeness (QED) is 0.920. The van der Waals surface area contributed by atoms with E-state index in [-0.39, 0.29) is 0 Å². The van der Waals surface area contributed by atoms with Gasteiger partial charge < -0.3 is 5.32 Å². The minimum Gasteiger partial charge on any atom is -0.303 e. The first kappa shape index (κ1) is 12.7. The normalized spacial score (nSPS) is 19.7. The molecule has 0 bridgehead atoms. The highest BCUT2D eigenvalue weighted by Gasteiger charge is 2.21. The number of pyridine rings is 1. The Hall–Kier alpha value is -1.32. The lowest BCUT2D eigenvalue weighted by Crippen LogP contribution is -2.29. The summed E-state index contributed by atoms with van der Waals surface area (Å²) >= 11 is 2.01. The number of nitrogens with zero attached hydrogens (tertiary/aromatic N) is 1. The van der Waals surface area contributed by atoms with Gasteiger partial charge in [0.15, 0.2) is 0 Å². The highest BCUT2D eigenvalue weighted by molar-refractivity contribution is 7.98. The molecule has 1 aliphatic heterocycles. The van der Waals surface area contributed by atoms with E-state index in [0.717, 1.165) is 11.5 Å². The van der Waals surface area contributed by atoms with Crippen LogP contribution in [0, 0.1) is 0 Å². The molecular weight excluding hydrogens is 252 g/mol. The molecule has 0 radical (unpaired) electrons. The van der Waals surface area contributed by atoms with Crippen LogP contribution in [0.2, 0.25) is 0 Å². The molecule has 0 amide bonds. The van der Waals surface area contributed by atoms with Crippen LogP contribution in [0.3, 0.4) is 0 Å². The monoisotopic (exact) mass is 270 g/mol. The van der Waals surface area contributed by atoms with Crippen LogP contribution in [0.4, 0.5) is 0 Å². The molecule has 1 unspecified atom stereocenters. The van der Waals surface area contributed by atoms with E-state index in [9.17, 15) is 0 Å². The summed E-state index contributed by atoms with van der Waals surface area (Å²) in [6.07, 6.45) is 3.72. The second-order valence-corrected chi connectivity index (χ2v) is 5.97. The second kappa shape index (κ2) is 5.76. The molecular formula is C16H18N2S. The summed E-state index contributed by atoms with van der Waals surface area (Å²) in [5.41, 5.74) is 4.23. The zero-order valence-electron chi connectivity index (χ0n) is 11.0. The fourth-order valence-corrected chi connectivity index (χ4v) is 3.68. The zero-order chi connectivity index (χ0) is 13.1. The Kier molecular flexibility index (Phi) is 3.85. The average molecular weight is 270 g/mol. The molecule has 0 saturated heterocycles. The van der Waals surface area contributed by atoms with Crippen LogP contribution in [-0.2, 0) is 5.75 Å². The van der Waals surface area contributed by atoms with Gasteiger partial charge >= 0.3 is 0 Å². The van der Waals surface area contributed by atoms with Crippen molar-refractivity contribution in [1.82, 2.24) is 10.3 Å². The molecule has 3 heteroatoms. The van der Waals surface area contributed by atoms with Crippen molar-refractivity contribution < 1.29 is 0 Å². The van der Waals surface area contributed by atoms with Gasteiger partial charge in [0.2, 0.25) is 0 Å². The van der Waals surface area contributed by atoms with Gasteiger partial charge in [0.25, 0.3) is 0 Å². The predicted molar refractivity (Wildman–Crippen MR) is 81.1 cm³/mol. The molecule has 1 aliphatic rings. The van der Waals surface area contributed by atoms with Gasteiger partial charge in [-0.05, 0) is 35.7 Å². The Morgan fingerprint density at radius 1 is 1.21 bits per heavy atom. The molecule has 1 aromatic carbocycles. The lowest BCUT2D eigenvalue weighted by Gasteiger charge is -2.29. The maximum atomic E-state index is 4.08. The molecule has 3 rings (SSSR count). The number of thioether (sulfide) groups is 1. The summed E-state index contributed by atoms with van der Waals surface area (Å²) < 4.78 is 0. The summed E-state index contributed by atoms with van der Waals surface area (Å²) in [5.74, 6) is 2.28.